The maximum atomic E-state index is 5.36. The number of aryl methyl sites for hydroxylation is 1. The first-order valence-corrected chi connectivity index (χ1v) is 10.1. The summed E-state index contributed by atoms with van der Waals surface area (Å²) in [5.74, 6) is 3.85. The van der Waals surface area contributed by atoms with Crippen LogP contribution in [0.5, 0.6) is 5.75 Å². The van der Waals surface area contributed by atoms with Crippen molar-refractivity contribution in [3.63, 3.8) is 0 Å². The van der Waals surface area contributed by atoms with Crippen molar-refractivity contribution in [3.05, 3.63) is 29.3 Å². The molecule has 0 aromatic heterocycles. The molecule has 1 aromatic rings. The highest BCUT2D eigenvalue weighted by atomic mass is 16.5. The smallest absolute Gasteiger partial charge is 0.119 e. The zero-order valence-corrected chi connectivity index (χ0v) is 15.5. The number of fused-ring (bicyclic) bond motifs is 2. The summed E-state index contributed by atoms with van der Waals surface area (Å²) in [5, 5.41) is 0. The maximum absolute atomic E-state index is 5.36. The van der Waals surface area contributed by atoms with Crippen molar-refractivity contribution in [2.75, 3.05) is 20.2 Å². The highest BCUT2D eigenvalue weighted by Gasteiger charge is 2.34. The zero-order valence-electron chi connectivity index (χ0n) is 15.5. The van der Waals surface area contributed by atoms with Crippen molar-refractivity contribution in [2.24, 2.45) is 11.8 Å². The molecule has 3 aliphatic rings. The lowest BCUT2D eigenvalue weighted by Crippen LogP contribution is -2.41. The van der Waals surface area contributed by atoms with Crippen LogP contribution in [0.4, 0.5) is 0 Å². The average molecular weight is 328 g/mol. The van der Waals surface area contributed by atoms with Gasteiger partial charge in [0.15, 0.2) is 0 Å². The van der Waals surface area contributed by atoms with Gasteiger partial charge in [-0.2, -0.15) is 0 Å². The van der Waals surface area contributed by atoms with E-state index in [1.165, 1.54) is 70.0 Å². The second-order valence-electron chi connectivity index (χ2n) is 8.54. The third kappa shape index (κ3) is 3.35. The summed E-state index contributed by atoms with van der Waals surface area (Å²) in [5.41, 5.74) is 2.95. The molecule has 2 aliphatic carbocycles. The molecule has 1 aromatic carbocycles. The van der Waals surface area contributed by atoms with Gasteiger partial charge >= 0.3 is 0 Å². The van der Waals surface area contributed by atoms with Crippen molar-refractivity contribution in [3.8, 4) is 5.75 Å². The van der Waals surface area contributed by atoms with Crippen LogP contribution in [-0.4, -0.2) is 31.1 Å². The minimum atomic E-state index is 0.745. The summed E-state index contributed by atoms with van der Waals surface area (Å²) in [4.78, 5) is 2.84. The number of benzene rings is 1. The van der Waals surface area contributed by atoms with Crippen LogP contribution in [0.2, 0.25) is 0 Å². The number of methoxy groups -OCH3 is 1. The van der Waals surface area contributed by atoms with Gasteiger partial charge in [0.2, 0.25) is 0 Å². The quantitative estimate of drug-likeness (QED) is 0.761. The maximum Gasteiger partial charge on any atom is 0.119 e. The highest BCUT2D eigenvalue weighted by Crippen LogP contribution is 2.42. The Morgan fingerprint density at radius 1 is 0.917 bits per heavy atom. The zero-order chi connectivity index (χ0) is 16.5. The van der Waals surface area contributed by atoms with Gasteiger partial charge in [-0.1, -0.05) is 18.9 Å². The lowest BCUT2D eigenvalue weighted by atomic mass is 9.85. The molecule has 132 valence electrons. The Morgan fingerprint density at radius 3 is 2.42 bits per heavy atom. The Morgan fingerprint density at radius 2 is 1.67 bits per heavy atom. The Balaban J connectivity index is 1.36. The molecule has 2 unspecified atom stereocenters. The fourth-order valence-electron chi connectivity index (χ4n) is 5.73. The standard InChI is InChI=1S/C22H33NO/c1-16-13-21(24-2)7-8-22(16)19-9-11-23(12-10-19)20-6-5-17-3-4-18(14-17)15-20/h7-8,13,17-20H,3-6,9-12,14-15H2,1-2H3/t17-,18?,20?/m1/s1. The first-order chi connectivity index (χ1) is 11.7. The van der Waals surface area contributed by atoms with Gasteiger partial charge in [0, 0.05) is 6.04 Å². The van der Waals surface area contributed by atoms with Gasteiger partial charge in [-0.15, -0.1) is 0 Å². The predicted molar refractivity (Wildman–Crippen MR) is 99.7 cm³/mol. The van der Waals surface area contributed by atoms with Gasteiger partial charge in [0.05, 0.1) is 7.11 Å². The molecule has 2 nitrogen and oxygen atoms in total. The Labute approximate surface area is 147 Å². The van der Waals surface area contributed by atoms with Crippen LogP contribution < -0.4 is 4.74 Å². The number of nitrogens with zero attached hydrogens (tertiary/aromatic N) is 1. The molecule has 1 heterocycles. The van der Waals surface area contributed by atoms with Crippen LogP contribution >= 0.6 is 0 Å². The summed E-state index contributed by atoms with van der Waals surface area (Å²) in [6.07, 6.45) is 11.7. The summed E-state index contributed by atoms with van der Waals surface area (Å²) in [7, 11) is 1.76. The van der Waals surface area contributed by atoms with Crippen LogP contribution in [0.15, 0.2) is 18.2 Å². The van der Waals surface area contributed by atoms with Crippen molar-refractivity contribution in [2.45, 2.75) is 70.3 Å². The van der Waals surface area contributed by atoms with Gasteiger partial charge in [-0.25, -0.2) is 0 Å². The molecule has 0 amide bonds. The van der Waals surface area contributed by atoms with E-state index in [1.807, 2.05) is 0 Å². The topological polar surface area (TPSA) is 12.5 Å². The van der Waals surface area contributed by atoms with Crippen molar-refractivity contribution in [1.29, 1.82) is 0 Å². The van der Waals surface area contributed by atoms with E-state index in [4.69, 9.17) is 4.74 Å². The summed E-state index contributed by atoms with van der Waals surface area (Å²) in [6.45, 7) is 4.85. The summed E-state index contributed by atoms with van der Waals surface area (Å²) < 4.78 is 5.36. The first kappa shape index (κ1) is 16.4. The lowest BCUT2D eigenvalue weighted by Gasteiger charge is -2.39. The number of ether oxygens (including phenoxy) is 1. The van der Waals surface area contributed by atoms with Crippen LogP contribution in [-0.2, 0) is 0 Å². The van der Waals surface area contributed by atoms with E-state index in [1.54, 1.807) is 12.7 Å². The van der Waals surface area contributed by atoms with E-state index in [9.17, 15) is 0 Å². The van der Waals surface area contributed by atoms with E-state index >= 15 is 0 Å². The lowest BCUT2D eigenvalue weighted by molar-refractivity contribution is 0.125. The second kappa shape index (κ2) is 7.07. The molecule has 3 atom stereocenters. The molecule has 24 heavy (non-hydrogen) atoms. The molecule has 2 saturated carbocycles. The molecule has 3 fully saturated rings. The van der Waals surface area contributed by atoms with Crippen molar-refractivity contribution in [1.82, 2.24) is 4.90 Å². The molecular weight excluding hydrogens is 294 g/mol. The normalized spacial score (nSPS) is 31.8. The number of rotatable bonds is 3. The number of hydrogen-bond donors (Lipinski definition) is 0. The monoisotopic (exact) mass is 327 g/mol. The van der Waals surface area contributed by atoms with Gasteiger partial charge in [-0.3, -0.25) is 0 Å². The van der Waals surface area contributed by atoms with Gasteiger partial charge in [0.1, 0.15) is 5.75 Å². The molecule has 0 N–H and O–H groups in total. The molecule has 0 radical (unpaired) electrons. The Bertz CT molecular complexity index is 561. The molecule has 2 heteroatoms. The van der Waals surface area contributed by atoms with Gasteiger partial charge in [-0.05, 0) is 99.6 Å². The fraction of sp³-hybridized carbons (Fsp3) is 0.727. The number of likely N-dealkylation sites (tertiary alicyclic amines) is 1. The summed E-state index contributed by atoms with van der Waals surface area (Å²) >= 11 is 0. The molecule has 2 bridgehead atoms. The van der Waals surface area contributed by atoms with E-state index < -0.39 is 0 Å². The van der Waals surface area contributed by atoms with Crippen LogP contribution in [0.25, 0.3) is 0 Å². The van der Waals surface area contributed by atoms with Crippen LogP contribution in [0, 0.1) is 18.8 Å². The molecule has 4 rings (SSSR count). The van der Waals surface area contributed by atoms with E-state index in [0.717, 1.165) is 29.5 Å². The molecule has 0 spiro atoms. The van der Waals surface area contributed by atoms with Gasteiger partial charge < -0.3 is 9.64 Å². The SMILES string of the molecule is COc1ccc(C2CCN(C3CC[C@H]4CCC(C3)C4)CC2)c(C)c1. The van der Waals surface area contributed by atoms with Crippen molar-refractivity contribution >= 4 is 0 Å². The Hall–Kier alpha value is -1.02. The second-order valence-corrected chi connectivity index (χ2v) is 8.54. The van der Waals surface area contributed by atoms with E-state index in [-0.39, 0.29) is 0 Å². The summed E-state index contributed by atoms with van der Waals surface area (Å²) in [6, 6.07) is 7.53. The minimum absolute atomic E-state index is 0.745. The van der Waals surface area contributed by atoms with Crippen LogP contribution in [0.3, 0.4) is 0 Å². The van der Waals surface area contributed by atoms with E-state index in [2.05, 4.69) is 30.0 Å². The fourth-order valence-corrected chi connectivity index (χ4v) is 5.73. The van der Waals surface area contributed by atoms with E-state index in [0.29, 0.717) is 0 Å². The molecule has 1 saturated heterocycles. The number of hydrogen-bond acceptors (Lipinski definition) is 2. The average Bonchev–Trinajstić information content (AvgIpc) is 2.94. The third-order valence-corrected chi connectivity index (χ3v) is 7.13. The highest BCUT2D eigenvalue weighted by molar-refractivity contribution is 5.37. The van der Waals surface area contributed by atoms with Crippen LogP contribution in [0.1, 0.15) is 68.4 Å². The Kier molecular flexibility index (Phi) is 4.85. The first-order valence-electron chi connectivity index (χ1n) is 10.1. The van der Waals surface area contributed by atoms with Crippen molar-refractivity contribution < 1.29 is 4.74 Å². The largest absolute Gasteiger partial charge is 0.497 e. The predicted octanol–water partition coefficient (Wildman–Crippen LogP) is 5.15. The van der Waals surface area contributed by atoms with Gasteiger partial charge in [0.25, 0.3) is 0 Å². The number of piperidine rings is 1. The molecule has 1 aliphatic heterocycles. The minimum Gasteiger partial charge on any atom is -0.497 e. The molecular formula is C22H33NO. The third-order valence-electron chi connectivity index (χ3n) is 7.13.